The zero-order valence-corrected chi connectivity index (χ0v) is 9.85. The highest BCUT2D eigenvalue weighted by Crippen LogP contribution is 2.35. The number of benzene rings is 1. The standard InChI is InChI=1S/C14H14F3N/c1-2-13(7-9-18-10-8-13)11-3-5-12(6-4-11)14(15,16)17/h1,3-6,18H,7-10H2. The summed E-state index contributed by atoms with van der Waals surface area (Å²) in [5.74, 6) is 2.77. The summed E-state index contributed by atoms with van der Waals surface area (Å²) in [6.07, 6.45) is 2.82. The van der Waals surface area contributed by atoms with Crippen molar-refractivity contribution in [3.63, 3.8) is 0 Å². The lowest BCUT2D eigenvalue weighted by Gasteiger charge is -2.33. The Morgan fingerprint density at radius 1 is 1.11 bits per heavy atom. The van der Waals surface area contributed by atoms with Crippen LogP contribution in [0.4, 0.5) is 13.2 Å². The second-order valence-corrected chi connectivity index (χ2v) is 4.55. The van der Waals surface area contributed by atoms with Gasteiger partial charge in [0.25, 0.3) is 0 Å². The summed E-state index contributed by atoms with van der Waals surface area (Å²) in [6.45, 7) is 1.59. The molecule has 0 saturated carbocycles. The Morgan fingerprint density at radius 3 is 2.11 bits per heavy atom. The first kappa shape index (κ1) is 13.0. The third-order valence-corrected chi connectivity index (χ3v) is 3.50. The molecule has 0 aliphatic carbocycles. The number of hydrogen-bond acceptors (Lipinski definition) is 1. The predicted molar refractivity (Wildman–Crippen MR) is 64.1 cm³/mol. The molecule has 1 N–H and O–H groups in total. The quantitative estimate of drug-likeness (QED) is 0.759. The van der Waals surface area contributed by atoms with E-state index in [4.69, 9.17) is 6.42 Å². The van der Waals surface area contributed by atoms with E-state index in [9.17, 15) is 13.2 Å². The van der Waals surface area contributed by atoms with Crippen LogP contribution in [0.15, 0.2) is 24.3 Å². The fourth-order valence-corrected chi connectivity index (χ4v) is 2.35. The van der Waals surface area contributed by atoms with E-state index in [0.717, 1.165) is 43.6 Å². The number of piperidine rings is 1. The number of nitrogens with one attached hydrogen (secondary N) is 1. The Labute approximate surface area is 104 Å². The van der Waals surface area contributed by atoms with Crippen molar-refractivity contribution in [1.29, 1.82) is 0 Å². The lowest BCUT2D eigenvalue weighted by atomic mass is 9.74. The predicted octanol–water partition coefficient (Wildman–Crippen LogP) is 2.96. The number of rotatable bonds is 1. The van der Waals surface area contributed by atoms with Gasteiger partial charge in [-0.25, -0.2) is 0 Å². The van der Waals surface area contributed by atoms with Crippen molar-refractivity contribution in [3.8, 4) is 12.3 Å². The van der Waals surface area contributed by atoms with E-state index >= 15 is 0 Å². The molecular formula is C14H14F3N. The Balaban J connectivity index is 2.31. The van der Waals surface area contributed by atoms with Crippen molar-refractivity contribution in [2.24, 2.45) is 0 Å². The second kappa shape index (κ2) is 4.66. The molecule has 2 rings (SSSR count). The molecule has 18 heavy (non-hydrogen) atoms. The van der Waals surface area contributed by atoms with Gasteiger partial charge in [-0.1, -0.05) is 18.1 Å². The van der Waals surface area contributed by atoms with Crippen LogP contribution in [0, 0.1) is 12.3 Å². The summed E-state index contributed by atoms with van der Waals surface area (Å²) >= 11 is 0. The minimum atomic E-state index is -4.30. The Hall–Kier alpha value is -1.47. The van der Waals surface area contributed by atoms with E-state index in [-0.39, 0.29) is 0 Å². The van der Waals surface area contributed by atoms with Crippen LogP contribution in [-0.4, -0.2) is 13.1 Å². The largest absolute Gasteiger partial charge is 0.416 e. The molecule has 1 fully saturated rings. The average molecular weight is 253 g/mol. The molecule has 0 radical (unpaired) electrons. The SMILES string of the molecule is C#CC1(c2ccc(C(F)(F)F)cc2)CCNCC1. The number of alkyl halides is 3. The first-order chi connectivity index (χ1) is 8.48. The zero-order chi connectivity index (χ0) is 13.2. The lowest BCUT2D eigenvalue weighted by molar-refractivity contribution is -0.137. The third-order valence-electron chi connectivity index (χ3n) is 3.50. The maximum atomic E-state index is 12.5. The normalized spacial score (nSPS) is 19.2. The molecule has 1 saturated heterocycles. The van der Waals surface area contributed by atoms with Gasteiger partial charge in [-0.2, -0.15) is 13.2 Å². The second-order valence-electron chi connectivity index (χ2n) is 4.55. The van der Waals surface area contributed by atoms with Crippen LogP contribution in [0.5, 0.6) is 0 Å². The Morgan fingerprint density at radius 2 is 1.67 bits per heavy atom. The molecule has 4 heteroatoms. The molecular weight excluding hydrogens is 239 g/mol. The monoisotopic (exact) mass is 253 g/mol. The van der Waals surface area contributed by atoms with E-state index in [1.807, 2.05) is 0 Å². The van der Waals surface area contributed by atoms with Gasteiger partial charge < -0.3 is 5.32 Å². The van der Waals surface area contributed by atoms with Gasteiger partial charge in [-0.15, -0.1) is 6.42 Å². The Kier molecular flexibility index (Phi) is 3.36. The number of hydrogen-bond donors (Lipinski definition) is 1. The van der Waals surface area contributed by atoms with Crippen molar-refractivity contribution in [1.82, 2.24) is 5.32 Å². The van der Waals surface area contributed by atoms with Crippen molar-refractivity contribution >= 4 is 0 Å². The van der Waals surface area contributed by atoms with Gasteiger partial charge in [0.1, 0.15) is 0 Å². The van der Waals surface area contributed by atoms with Crippen LogP contribution in [-0.2, 0) is 11.6 Å². The smallest absolute Gasteiger partial charge is 0.317 e. The maximum Gasteiger partial charge on any atom is 0.416 e. The van der Waals surface area contributed by atoms with Crippen molar-refractivity contribution in [3.05, 3.63) is 35.4 Å². The van der Waals surface area contributed by atoms with E-state index in [2.05, 4.69) is 11.2 Å². The highest BCUT2D eigenvalue weighted by molar-refractivity contribution is 5.37. The number of halogens is 3. The van der Waals surface area contributed by atoms with Crippen molar-refractivity contribution < 1.29 is 13.2 Å². The molecule has 1 aromatic rings. The molecule has 1 nitrogen and oxygen atoms in total. The first-order valence-corrected chi connectivity index (χ1v) is 5.84. The van der Waals surface area contributed by atoms with Gasteiger partial charge in [0.15, 0.2) is 0 Å². The molecule has 0 amide bonds. The molecule has 0 atom stereocenters. The third kappa shape index (κ3) is 2.37. The van der Waals surface area contributed by atoms with Gasteiger partial charge in [0.2, 0.25) is 0 Å². The highest BCUT2D eigenvalue weighted by atomic mass is 19.4. The van der Waals surface area contributed by atoms with Gasteiger partial charge >= 0.3 is 6.18 Å². The van der Waals surface area contributed by atoms with Crippen LogP contribution in [0.2, 0.25) is 0 Å². The molecule has 1 aromatic carbocycles. The minimum absolute atomic E-state index is 0.421. The Bertz CT molecular complexity index is 447. The zero-order valence-electron chi connectivity index (χ0n) is 9.85. The first-order valence-electron chi connectivity index (χ1n) is 5.84. The van der Waals surface area contributed by atoms with E-state index < -0.39 is 17.2 Å². The summed E-state index contributed by atoms with van der Waals surface area (Å²) in [5, 5.41) is 3.20. The molecule has 1 heterocycles. The van der Waals surface area contributed by atoms with Crippen LogP contribution in [0.25, 0.3) is 0 Å². The van der Waals surface area contributed by atoms with Crippen molar-refractivity contribution in [2.45, 2.75) is 24.4 Å². The molecule has 0 unspecified atom stereocenters. The van der Waals surface area contributed by atoms with Gasteiger partial charge in [0, 0.05) is 0 Å². The van der Waals surface area contributed by atoms with Gasteiger partial charge in [-0.3, -0.25) is 0 Å². The van der Waals surface area contributed by atoms with Crippen LogP contribution < -0.4 is 5.32 Å². The summed E-state index contributed by atoms with van der Waals surface area (Å²) in [5.41, 5.74) is -0.248. The summed E-state index contributed by atoms with van der Waals surface area (Å²) < 4.78 is 37.5. The molecule has 96 valence electrons. The fourth-order valence-electron chi connectivity index (χ4n) is 2.35. The number of terminal acetylenes is 1. The summed E-state index contributed by atoms with van der Waals surface area (Å²) in [4.78, 5) is 0. The highest BCUT2D eigenvalue weighted by Gasteiger charge is 2.34. The minimum Gasteiger partial charge on any atom is -0.317 e. The average Bonchev–Trinajstić information content (AvgIpc) is 2.39. The van der Waals surface area contributed by atoms with E-state index in [1.54, 1.807) is 0 Å². The van der Waals surface area contributed by atoms with E-state index in [0.29, 0.717) is 0 Å². The van der Waals surface area contributed by atoms with Crippen LogP contribution in [0.1, 0.15) is 24.0 Å². The molecule has 0 aromatic heterocycles. The fraction of sp³-hybridized carbons (Fsp3) is 0.429. The molecule has 0 spiro atoms. The van der Waals surface area contributed by atoms with Crippen LogP contribution in [0.3, 0.4) is 0 Å². The molecule has 1 aliphatic rings. The molecule has 0 bridgehead atoms. The topological polar surface area (TPSA) is 12.0 Å². The van der Waals surface area contributed by atoms with E-state index in [1.165, 1.54) is 12.1 Å². The van der Waals surface area contributed by atoms with Gasteiger partial charge in [-0.05, 0) is 43.6 Å². The van der Waals surface area contributed by atoms with Gasteiger partial charge in [0.05, 0.1) is 11.0 Å². The maximum absolute atomic E-state index is 12.5. The van der Waals surface area contributed by atoms with Crippen molar-refractivity contribution in [2.75, 3.05) is 13.1 Å². The summed E-state index contributed by atoms with van der Waals surface area (Å²) in [7, 11) is 0. The van der Waals surface area contributed by atoms with Crippen LogP contribution >= 0.6 is 0 Å². The molecule has 1 aliphatic heterocycles. The summed E-state index contributed by atoms with van der Waals surface area (Å²) in [6, 6.07) is 5.23. The lowest BCUT2D eigenvalue weighted by Crippen LogP contribution is -2.38.